The molecule has 0 spiro atoms. The van der Waals surface area contributed by atoms with Crippen LogP contribution in [0.2, 0.25) is 5.02 Å². The van der Waals surface area contributed by atoms with Gasteiger partial charge in [-0.05, 0) is 51.0 Å². The molecule has 23 heavy (non-hydrogen) atoms. The van der Waals surface area contributed by atoms with Crippen molar-refractivity contribution in [2.75, 3.05) is 20.3 Å². The second-order valence-electron chi connectivity index (χ2n) is 6.96. The number of nitrogens with one attached hydrogen (secondary N) is 1. The minimum Gasteiger partial charge on any atom is -0.496 e. The van der Waals surface area contributed by atoms with Gasteiger partial charge in [-0.1, -0.05) is 18.5 Å². The van der Waals surface area contributed by atoms with Gasteiger partial charge in [-0.25, -0.2) is 4.79 Å². The molecule has 6 heteroatoms. The van der Waals surface area contributed by atoms with Crippen LogP contribution in [0.5, 0.6) is 5.75 Å². The molecule has 0 bridgehead atoms. The number of ether oxygens (including phenoxy) is 2. The van der Waals surface area contributed by atoms with Crippen LogP contribution in [-0.2, 0) is 11.2 Å². The van der Waals surface area contributed by atoms with Gasteiger partial charge in [0.05, 0.1) is 13.7 Å². The number of alkyl carbamates (subject to hydrolysis) is 1. The molecule has 0 aliphatic heterocycles. The number of hydrogen-bond donors (Lipinski definition) is 2. The lowest BCUT2D eigenvalue weighted by Crippen LogP contribution is -2.41. The second-order valence-corrected chi connectivity index (χ2v) is 7.39. The van der Waals surface area contributed by atoms with E-state index in [0.717, 1.165) is 5.56 Å². The average Bonchev–Trinajstić information content (AvgIpc) is 2.44. The molecule has 1 amide bonds. The highest BCUT2D eigenvalue weighted by molar-refractivity contribution is 6.30. The van der Waals surface area contributed by atoms with Crippen molar-refractivity contribution in [2.24, 2.45) is 5.41 Å². The van der Waals surface area contributed by atoms with E-state index >= 15 is 0 Å². The van der Waals surface area contributed by atoms with Gasteiger partial charge in [0, 0.05) is 17.0 Å². The maximum absolute atomic E-state index is 11.8. The van der Waals surface area contributed by atoms with Gasteiger partial charge in [0.1, 0.15) is 11.4 Å². The quantitative estimate of drug-likeness (QED) is 0.830. The fourth-order valence-electron chi connectivity index (χ4n) is 2.12. The first-order valence-corrected chi connectivity index (χ1v) is 7.86. The fraction of sp³-hybridized carbons (Fsp3) is 0.588. The highest BCUT2D eigenvalue weighted by atomic mass is 35.5. The number of benzene rings is 1. The Balaban J connectivity index is 2.78. The van der Waals surface area contributed by atoms with Crippen molar-refractivity contribution < 1.29 is 19.4 Å². The van der Waals surface area contributed by atoms with Gasteiger partial charge in [0.15, 0.2) is 0 Å². The number of amides is 1. The Labute approximate surface area is 142 Å². The molecule has 0 fully saturated rings. The molecule has 1 aromatic carbocycles. The summed E-state index contributed by atoms with van der Waals surface area (Å²) >= 11 is 6.04. The molecule has 0 heterocycles. The lowest BCUT2D eigenvalue weighted by molar-refractivity contribution is 0.0478. The van der Waals surface area contributed by atoms with E-state index in [0.29, 0.717) is 17.2 Å². The zero-order chi connectivity index (χ0) is 17.7. The fourth-order valence-corrected chi connectivity index (χ4v) is 2.31. The highest BCUT2D eigenvalue weighted by Crippen LogP contribution is 2.30. The second kappa shape index (κ2) is 7.88. The molecule has 0 radical (unpaired) electrons. The van der Waals surface area contributed by atoms with Crippen LogP contribution in [0.25, 0.3) is 0 Å². The van der Waals surface area contributed by atoms with E-state index in [4.69, 9.17) is 21.1 Å². The van der Waals surface area contributed by atoms with Crippen molar-refractivity contribution in [2.45, 2.75) is 39.7 Å². The standard InChI is InChI=1S/C17H26ClNO4/c1-16(2,3)23-15(21)19-10-17(4,11-20)9-12-8-13(18)6-7-14(12)22-5/h6-8,20H,9-11H2,1-5H3,(H,19,21). The summed E-state index contributed by atoms with van der Waals surface area (Å²) in [7, 11) is 1.59. The zero-order valence-electron chi connectivity index (χ0n) is 14.4. The predicted octanol–water partition coefficient (Wildman–Crippen LogP) is 3.41. The van der Waals surface area contributed by atoms with Crippen molar-refractivity contribution >= 4 is 17.7 Å². The normalized spacial score (nSPS) is 14.0. The van der Waals surface area contributed by atoms with Crippen molar-refractivity contribution in [1.29, 1.82) is 0 Å². The van der Waals surface area contributed by atoms with E-state index in [1.165, 1.54) is 0 Å². The van der Waals surface area contributed by atoms with Gasteiger partial charge in [0.2, 0.25) is 0 Å². The van der Waals surface area contributed by atoms with Gasteiger partial charge < -0.3 is 19.9 Å². The van der Waals surface area contributed by atoms with Crippen LogP contribution < -0.4 is 10.1 Å². The molecule has 0 aromatic heterocycles. The SMILES string of the molecule is COc1ccc(Cl)cc1CC(C)(CO)CNC(=O)OC(C)(C)C. The van der Waals surface area contributed by atoms with Crippen LogP contribution in [0.4, 0.5) is 4.79 Å². The van der Waals surface area contributed by atoms with Gasteiger partial charge in [-0.2, -0.15) is 0 Å². The van der Waals surface area contributed by atoms with Crippen molar-refractivity contribution in [3.05, 3.63) is 28.8 Å². The molecule has 1 atom stereocenters. The average molecular weight is 344 g/mol. The predicted molar refractivity (Wildman–Crippen MR) is 91.1 cm³/mol. The molecule has 1 rings (SSSR count). The number of aliphatic hydroxyl groups excluding tert-OH is 1. The third-order valence-electron chi connectivity index (χ3n) is 3.30. The molecule has 130 valence electrons. The highest BCUT2D eigenvalue weighted by Gasteiger charge is 2.27. The van der Waals surface area contributed by atoms with E-state index in [1.807, 2.05) is 13.0 Å². The number of carbonyl (C=O) groups excluding carboxylic acids is 1. The van der Waals surface area contributed by atoms with Crippen LogP contribution in [0.15, 0.2) is 18.2 Å². The topological polar surface area (TPSA) is 67.8 Å². The first-order valence-electron chi connectivity index (χ1n) is 7.49. The van der Waals surface area contributed by atoms with E-state index in [1.54, 1.807) is 40.0 Å². The van der Waals surface area contributed by atoms with E-state index in [9.17, 15) is 9.90 Å². The summed E-state index contributed by atoms with van der Waals surface area (Å²) in [6, 6.07) is 5.34. The van der Waals surface area contributed by atoms with Crippen LogP contribution in [0.3, 0.4) is 0 Å². The van der Waals surface area contributed by atoms with Crippen LogP contribution in [0.1, 0.15) is 33.3 Å². The molecule has 0 aliphatic rings. The number of carbonyl (C=O) groups is 1. The Kier molecular flexibility index (Phi) is 6.71. The third-order valence-corrected chi connectivity index (χ3v) is 3.53. The molecular formula is C17H26ClNO4. The third kappa shape index (κ3) is 6.67. The summed E-state index contributed by atoms with van der Waals surface area (Å²) in [4.78, 5) is 11.8. The molecule has 0 aliphatic carbocycles. The summed E-state index contributed by atoms with van der Waals surface area (Å²) < 4.78 is 10.5. The van der Waals surface area contributed by atoms with Gasteiger partial charge in [-0.3, -0.25) is 0 Å². The lowest BCUT2D eigenvalue weighted by Gasteiger charge is -2.29. The first kappa shape index (κ1) is 19.6. The van der Waals surface area contributed by atoms with Crippen molar-refractivity contribution in [3.63, 3.8) is 0 Å². The number of rotatable bonds is 6. The van der Waals surface area contributed by atoms with E-state index < -0.39 is 17.1 Å². The maximum atomic E-state index is 11.8. The Morgan fingerprint density at radius 1 is 1.30 bits per heavy atom. The lowest BCUT2D eigenvalue weighted by atomic mass is 9.84. The van der Waals surface area contributed by atoms with E-state index in [-0.39, 0.29) is 13.2 Å². The Bertz CT molecular complexity index is 542. The molecule has 1 unspecified atom stereocenters. The zero-order valence-corrected chi connectivity index (χ0v) is 15.2. The Morgan fingerprint density at radius 2 is 1.96 bits per heavy atom. The first-order chi connectivity index (χ1) is 10.6. The molecule has 0 saturated carbocycles. The summed E-state index contributed by atoms with van der Waals surface area (Å²) in [6.45, 7) is 7.45. The summed E-state index contributed by atoms with van der Waals surface area (Å²) in [5.74, 6) is 0.700. The molecule has 2 N–H and O–H groups in total. The number of hydrogen-bond acceptors (Lipinski definition) is 4. The monoisotopic (exact) mass is 343 g/mol. The van der Waals surface area contributed by atoms with Crippen LogP contribution >= 0.6 is 11.6 Å². The number of aliphatic hydroxyl groups is 1. The van der Waals surface area contributed by atoms with Crippen molar-refractivity contribution in [3.8, 4) is 5.75 Å². The van der Waals surface area contributed by atoms with Crippen LogP contribution in [0, 0.1) is 5.41 Å². The largest absolute Gasteiger partial charge is 0.496 e. The number of methoxy groups -OCH3 is 1. The minimum absolute atomic E-state index is 0.0987. The Hall–Kier alpha value is -1.46. The van der Waals surface area contributed by atoms with Gasteiger partial charge >= 0.3 is 6.09 Å². The number of halogens is 1. The smallest absolute Gasteiger partial charge is 0.407 e. The molecular weight excluding hydrogens is 318 g/mol. The summed E-state index contributed by atoms with van der Waals surface area (Å²) in [5, 5.41) is 13.1. The van der Waals surface area contributed by atoms with Gasteiger partial charge in [0.25, 0.3) is 0 Å². The molecule has 0 saturated heterocycles. The summed E-state index contributed by atoms with van der Waals surface area (Å²) in [5.41, 5.74) is -0.243. The van der Waals surface area contributed by atoms with Crippen LogP contribution in [-0.4, -0.2) is 37.1 Å². The molecule has 5 nitrogen and oxygen atoms in total. The van der Waals surface area contributed by atoms with Gasteiger partial charge in [-0.15, -0.1) is 0 Å². The van der Waals surface area contributed by atoms with Crippen molar-refractivity contribution in [1.82, 2.24) is 5.32 Å². The maximum Gasteiger partial charge on any atom is 0.407 e. The Morgan fingerprint density at radius 3 is 2.48 bits per heavy atom. The minimum atomic E-state index is -0.561. The molecule has 1 aromatic rings. The van der Waals surface area contributed by atoms with E-state index in [2.05, 4.69) is 5.32 Å². The summed E-state index contributed by atoms with van der Waals surface area (Å²) in [6.07, 6.45) is -0.00141.